The van der Waals surface area contributed by atoms with Gasteiger partial charge in [-0.3, -0.25) is 9.78 Å². The van der Waals surface area contributed by atoms with E-state index in [0.717, 1.165) is 34.8 Å². The molecule has 1 amide bonds. The zero-order valence-corrected chi connectivity index (χ0v) is 14.9. The summed E-state index contributed by atoms with van der Waals surface area (Å²) in [5.41, 5.74) is 6.01. The first-order valence-corrected chi connectivity index (χ1v) is 8.50. The maximum absolute atomic E-state index is 12.6. The van der Waals surface area contributed by atoms with Gasteiger partial charge in [-0.15, -0.1) is 0 Å². The van der Waals surface area contributed by atoms with E-state index in [2.05, 4.69) is 46.1 Å². The van der Waals surface area contributed by atoms with Gasteiger partial charge in [0.15, 0.2) is 0 Å². The van der Waals surface area contributed by atoms with Crippen LogP contribution < -0.4 is 5.32 Å². The Labute approximate surface area is 148 Å². The van der Waals surface area contributed by atoms with Crippen molar-refractivity contribution >= 4 is 5.91 Å². The molecule has 4 nitrogen and oxygen atoms in total. The predicted octanol–water partition coefficient (Wildman–Crippen LogP) is 3.77. The number of hydrogen-bond acceptors (Lipinski definition) is 2. The molecule has 0 atom stereocenters. The second-order valence-electron chi connectivity index (χ2n) is 6.28. The lowest BCUT2D eigenvalue weighted by molar-refractivity contribution is 0.0953. The first-order valence-electron chi connectivity index (χ1n) is 8.50. The highest BCUT2D eigenvalue weighted by Crippen LogP contribution is 2.21. The van der Waals surface area contributed by atoms with E-state index >= 15 is 0 Å². The van der Waals surface area contributed by atoms with Gasteiger partial charge in [0.05, 0.1) is 5.56 Å². The average molecular weight is 333 g/mol. The molecule has 4 heteroatoms. The standard InChI is InChI=1S/C21H23N3O/c1-15-7-9-19(10-8-15)24-16(2)14-20(17(24)3)21(25)23-13-11-18-6-4-5-12-22-18/h4-10,12,14H,11,13H2,1-3H3,(H,23,25). The summed E-state index contributed by atoms with van der Waals surface area (Å²) in [6, 6.07) is 16.1. The highest BCUT2D eigenvalue weighted by atomic mass is 16.1. The van der Waals surface area contributed by atoms with Gasteiger partial charge < -0.3 is 9.88 Å². The lowest BCUT2D eigenvalue weighted by Crippen LogP contribution is -2.26. The van der Waals surface area contributed by atoms with E-state index < -0.39 is 0 Å². The second kappa shape index (κ2) is 7.34. The summed E-state index contributed by atoms with van der Waals surface area (Å²) < 4.78 is 2.12. The van der Waals surface area contributed by atoms with Crippen molar-refractivity contribution in [2.75, 3.05) is 6.54 Å². The van der Waals surface area contributed by atoms with Crippen LogP contribution in [0.3, 0.4) is 0 Å². The van der Waals surface area contributed by atoms with Crippen LogP contribution in [0.5, 0.6) is 0 Å². The molecule has 25 heavy (non-hydrogen) atoms. The molecule has 3 aromatic rings. The van der Waals surface area contributed by atoms with Gasteiger partial charge in [0, 0.05) is 41.9 Å². The van der Waals surface area contributed by atoms with Gasteiger partial charge in [0.1, 0.15) is 0 Å². The molecule has 0 aliphatic carbocycles. The van der Waals surface area contributed by atoms with Crippen LogP contribution in [0, 0.1) is 20.8 Å². The molecule has 0 aliphatic heterocycles. The van der Waals surface area contributed by atoms with Crippen LogP contribution in [0.15, 0.2) is 54.7 Å². The molecule has 128 valence electrons. The van der Waals surface area contributed by atoms with Gasteiger partial charge >= 0.3 is 0 Å². The zero-order chi connectivity index (χ0) is 17.8. The SMILES string of the molecule is Cc1ccc(-n2c(C)cc(C(=O)NCCc3ccccn3)c2C)cc1. The predicted molar refractivity (Wildman–Crippen MR) is 100 cm³/mol. The fourth-order valence-corrected chi connectivity index (χ4v) is 3.03. The Bertz CT molecular complexity index is 864. The minimum absolute atomic E-state index is 0.0395. The molecule has 0 unspecified atom stereocenters. The van der Waals surface area contributed by atoms with Gasteiger partial charge in [0.2, 0.25) is 0 Å². The van der Waals surface area contributed by atoms with Crippen molar-refractivity contribution in [1.82, 2.24) is 14.9 Å². The molecule has 2 aromatic heterocycles. The molecule has 1 aromatic carbocycles. The zero-order valence-electron chi connectivity index (χ0n) is 14.9. The normalized spacial score (nSPS) is 10.7. The molecule has 1 N–H and O–H groups in total. The number of benzene rings is 1. The van der Waals surface area contributed by atoms with E-state index in [1.165, 1.54) is 5.56 Å². The minimum Gasteiger partial charge on any atom is -0.352 e. The van der Waals surface area contributed by atoms with Crippen LogP contribution in [-0.2, 0) is 6.42 Å². The number of carbonyl (C=O) groups is 1. The highest BCUT2D eigenvalue weighted by molar-refractivity contribution is 5.95. The van der Waals surface area contributed by atoms with Crippen molar-refractivity contribution in [3.05, 3.63) is 82.9 Å². The maximum Gasteiger partial charge on any atom is 0.253 e. The lowest BCUT2D eigenvalue weighted by atomic mass is 10.2. The Hall–Kier alpha value is -2.88. The number of rotatable bonds is 5. The third-order valence-electron chi connectivity index (χ3n) is 4.36. The number of nitrogens with zero attached hydrogens (tertiary/aromatic N) is 2. The first kappa shape index (κ1) is 17.0. The second-order valence-corrected chi connectivity index (χ2v) is 6.28. The van der Waals surface area contributed by atoms with Crippen LogP contribution in [0.4, 0.5) is 0 Å². The number of carbonyl (C=O) groups excluding carboxylic acids is 1. The summed E-state index contributed by atoms with van der Waals surface area (Å²) in [6.07, 6.45) is 2.50. The number of hydrogen-bond donors (Lipinski definition) is 1. The van der Waals surface area contributed by atoms with Gasteiger partial charge in [-0.05, 0) is 51.1 Å². The summed E-state index contributed by atoms with van der Waals surface area (Å²) >= 11 is 0. The summed E-state index contributed by atoms with van der Waals surface area (Å²) in [5.74, 6) is -0.0395. The first-order chi connectivity index (χ1) is 12.1. The van der Waals surface area contributed by atoms with Crippen LogP contribution in [0.25, 0.3) is 5.69 Å². The third-order valence-corrected chi connectivity index (χ3v) is 4.36. The largest absolute Gasteiger partial charge is 0.352 e. The average Bonchev–Trinajstić information content (AvgIpc) is 2.91. The van der Waals surface area contributed by atoms with E-state index in [9.17, 15) is 4.79 Å². The van der Waals surface area contributed by atoms with Gasteiger partial charge in [-0.25, -0.2) is 0 Å². The molecule has 0 aliphatic rings. The smallest absolute Gasteiger partial charge is 0.253 e. The van der Waals surface area contributed by atoms with Crippen molar-refractivity contribution in [3.63, 3.8) is 0 Å². The van der Waals surface area contributed by atoms with Gasteiger partial charge in [-0.1, -0.05) is 23.8 Å². The summed E-state index contributed by atoms with van der Waals surface area (Å²) in [5, 5.41) is 3.00. The topological polar surface area (TPSA) is 46.9 Å². The number of amides is 1. The number of aryl methyl sites for hydroxylation is 2. The van der Waals surface area contributed by atoms with E-state index in [1.54, 1.807) is 6.20 Å². The van der Waals surface area contributed by atoms with Crippen molar-refractivity contribution in [1.29, 1.82) is 0 Å². The van der Waals surface area contributed by atoms with E-state index in [0.29, 0.717) is 6.54 Å². The van der Waals surface area contributed by atoms with Crippen molar-refractivity contribution in [2.45, 2.75) is 27.2 Å². The Morgan fingerprint density at radius 2 is 1.84 bits per heavy atom. The Morgan fingerprint density at radius 1 is 1.08 bits per heavy atom. The van der Waals surface area contributed by atoms with Crippen LogP contribution >= 0.6 is 0 Å². The van der Waals surface area contributed by atoms with Crippen LogP contribution in [-0.4, -0.2) is 22.0 Å². The monoisotopic (exact) mass is 333 g/mol. The quantitative estimate of drug-likeness (QED) is 0.772. The lowest BCUT2D eigenvalue weighted by Gasteiger charge is -2.10. The molecule has 3 rings (SSSR count). The minimum atomic E-state index is -0.0395. The van der Waals surface area contributed by atoms with Crippen LogP contribution in [0.1, 0.15) is 33.0 Å². The van der Waals surface area contributed by atoms with E-state index in [1.807, 2.05) is 38.1 Å². The van der Waals surface area contributed by atoms with E-state index in [-0.39, 0.29) is 5.91 Å². The third kappa shape index (κ3) is 3.79. The molecule has 0 fully saturated rings. The van der Waals surface area contributed by atoms with E-state index in [4.69, 9.17) is 0 Å². The number of pyridine rings is 1. The van der Waals surface area contributed by atoms with Crippen LogP contribution in [0.2, 0.25) is 0 Å². The molecular weight excluding hydrogens is 310 g/mol. The molecule has 0 saturated heterocycles. The molecular formula is C21H23N3O. The fraction of sp³-hybridized carbons (Fsp3) is 0.238. The Balaban J connectivity index is 1.73. The highest BCUT2D eigenvalue weighted by Gasteiger charge is 2.16. The molecule has 0 spiro atoms. The Morgan fingerprint density at radius 3 is 2.52 bits per heavy atom. The fourth-order valence-electron chi connectivity index (χ4n) is 3.03. The van der Waals surface area contributed by atoms with Crippen molar-refractivity contribution in [3.8, 4) is 5.69 Å². The summed E-state index contributed by atoms with van der Waals surface area (Å²) in [7, 11) is 0. The maximum atomic E-state index is 12.6. The van der Waals surface area contributed by atoms with Crippen molar-refractivity contribution in [2.24, 2.45) is 0 Å². The Kier molecular flexibility index (Phi) is 4.98. The van der Waals surface area contributed by atoms with Gasteiger partial charge in [0.25, 0.3) is 5.91 Å². The summed E-state index contributed by atoms with van der Waals surface area (Å²) in [4.78, 5) is 16.8. The number of nitrogens with one attached hydrogen (secondary N) is 1. The molecule has 2 heterocycles. The van der Waals surface area contributed by atoms with Gasteiger partial charge in [-0.2, -0.15) is 0 Å². The van der Waals surface area contributed by atoms with Crippen molar-refractivity contribution < 1.29 is 4.79 Å². The molecule has 0 bridgehead atoms. The summed E-state index contributed by atoms with van der Waals surface area (Å²) in [6.45, 7) is 6.65. The molecule has 0 radical (unpaired) electrons. The molecule has 0 saturated carbocycles. The number of aromatic nitrogens is 2.